The van der Waals surface area contributed by atoms with Crippen LogP contribution in [0, 0.1) is 6.92 Å². The number of rotatable bonds is 4. The summed E-state index contributed by atoms with van der Waals surface area (Å²) in [4.78, 5) is 18.5. The molecule has 0 aliphatic carbocycles. The number of amides is 1. The van der Waals surface area contributed by atoms with Gasteiger partial charge in [-0.1, -0.05) is 6.42 Å². The van der Waals surface area contributed by atoms with Gasteiger partial charge in [0.25, 0.3) is 5.91 Å². The number of nitrogens with one attached hydrogen (secondary N) is 1. The summed E-state index contributed by atoms with van der Waals surface area (Å²) in [6.45, 7) is 6.75. The Morgan fingerprint density at radius 2 is 2.26 bits per heavy atom. The molecule has 6 nitrogen and oxygen atoms in total. The van der Waals surface area contributed by atoms with Crippen LogP contribution < -0.4 is 5.32 Å². The van der Waals surface area contributed by atoms with E-state index in [2.05, 4.69) is 27.2 Å². The van der Waals surface area contributed by atoms with Crippen LogP contribution in [0.1, 0.15) is 42.6 Å². The Morgan fingerprint density at radius 1 is 1.47 bits per heavy atom. The molecule has 1 atom stereocenters. The second kappa shape index (κ2) is 6.14. The van der Waals surface area contributed by atoms with Crippen molar-refractivity contribution in [3.63, 3.8) is 0 Å². The Morgan fingerprint density at radius 3 is 2.89 bits per heavy atom. The standard InChI is InChI=1S/C13H23N5O/c1-10-6-4-5-8-18(10)9-7-14-13(19)12-15-11(2)16-17(12)3/h10H,4-9H2,1-3H3,(H,14,19)/t10-/m0/s1. The van der Waals surface area contributed by atoms with Gasteiger partial charge in [0.2, 0.25) is 5.82 Å². The van der Waals surface area contributed by atoms with E-state index in [0.29, 0.717) is 24.2 Å². The monoisotopic (exact) mass is 265 g/mol. The molecule has 1 aromatic heterocycles. The summed E-state index contributed by atoms with van der Waals surface area (Å²) in [7, 11) is 1.74. The number of carbonyl (C=O) groups is 1. The summed E-state index contributed by atoms with van der Waals surface area (Å²) in [5, 5.41) is 6.99. The van der Waals surface area contributed by atoms with E-state index in [1.807, 2.05) is 0 Å². The molecule has 1 amide bonds. The van der Waals surface area contributed by atoms with Crippen LogP contribution in [0.25, 0.3) is 0 Å². The smallest absolute Gasteiger partial charge is 0.288 e. The number of hydrogen-bond donors (Lipinski definition) is 1. The lowest BCUT2D eigenvalue weighted by molar-refractivity contribution is 0.0924. The maximum absolute atomic E-state index is 11.9. The van der Waals surface area contributed by atoms with E-state index < -0.39 is 0 Å². The fraction of sp³-hybridized carbons (Fsp3) is 0.769. The zero-order chi connectivity index (χ0) is 13.8. The van der Waals surface area contributed by atoms with E-state index in [9.17, 15) is 4.79 Å². The van der Waals surface area contributed by atoms with Crippen LogP contribution in [0.2, 0.25) is 0 Å². The molecule has 0 bridgehead atoms. The summed E-state index contributed by atoms with van der Waals surface area (Å²) >= 11 is 0. The van der Waals surface area contributed by atoms with Crippen molar-refractivity contribution < 1.29 is 4.79 Å². The first-order valence-electron chi connectivity index (χ1n) is 6.98. The van der Waals surface area contributed by atoms with Crippen LogP contribution in [0.4, 0.5) is 0 Å². The van der Waals surface area contributed by atoms with Crippen molar-refractivity contribution in [2.75, 3.05) is 19.6 Å². The van der Waals surface area contributed by atoms with Crippen molar-refractivity contribution in [1.82, 2.24) is 25.0 Å². The summed E-state index contributed by atoms with van der Waals surface area (Å²) in [5.74, 6) is 0.856. The zero-order valence-electron chi connectivity index (χ0n) is 12.0. The fourth-order valence-corrected chi connectivity index (χ4v) is 2.59. The summed E-state index contributed by atoms with van der Waals surface area (Å²) in [5.41, 5.74) is 0. The quantitative estimate of drug-likeness (QED) is 0.871. The van der Waals surface area contributed by atoms with Crippen LogP contribution in [0.3, 0.4) is 0 Å². The van der Waals surface area contributed by atoms with E-state index in [0.717, 1.165) is 13.1 Å². The minimum Gasteiger partial charge on any atom is -0.348 e. The molecule has 19 heavy (non-hydrogen) atoms. The molecule has 1 saturated heterocycles. The first kappa shape index (κ1) is 14.0. The number of piperidine rings is 1. The van der Waals surface area contributed by atoms with E-state index in [1.165, 1.54) is 23.9 Å². The topological polar surface area (TPSA) is 63.1 Å². The summed E-state index contributed by atoms with van der Waals surface area (Å²) < 4.78 is 1.52. The van der Waals surface area contributed by atoms with Crippen LogP contribution in [-0.2, 0) is 7.05 Å². The first-order valence-corrected chi connectivity index (χ1v) is 6.98. The molecule has 2 rings (SSSR count). The number of aryl methyl sites for hydroxylation is 2. The van der Waals surface area contributed by atoms with Gasteiger partial charge < -0.3 is 5.32 Å². The molecule has 0 unspecified atom stereocenters. The Balaban J connectivity index is 1.79. The van der Waals surface area contributed by atoms with Crippen molar-refractivity contribution in [1.29, 1.82) is 0 Å². The molecule has 1 aliphatic rings. The fourth-order valence-electron chi connectivity index (χ4n) is 2.59. The predicted molar refractivity (Wildman–Crippen MR) is 73.0 cm³/mol. The van der Waals surface area contributed by atoms with Gasteiger partial charge >= 0.3 is 0 Å². The minimum absolute atomic E-state index is 0.146. The van der Waals surface area contributed by atoms with Crippen molar-refractivity contribution in [3.05, 3.63) is 11.6 Å². The lowest BCUT2D eigenvalue weighted by atomic mass is 10.0. The van der Waals surface area contributed by atoms with E-state index in [1.54, 1.807) is 14.0 Å². The van der Waals surface area contributed by atoms with E-state index in [-0.39, 0.29) is 5.91 Å². The van der Waals surface area contributed by atoms with Gasteiger partial charge in [-0.2, -0.15) is 5.10 Å². The molecule has 0 radical (unpaired) electrons. The van der Waals surface area contributed by atoms with Crippen LogP contribution in [-0.4, -0.2) is 51.2 Å². The van der Waals surface area contributed by atoms with Gasteiger partial charge in [-0.05, 0) is 33.2 Å². The third-order valence-electron chi connectivity index (χ3n) is 3.70. The molecule has 1 aromatic rings. The molecule has 2 heterocycles. The van der Waals surface area contributed by atoms with E-state index >= 15 is 0 Å². The van der Waals surface area contributed by atoms with Crippen LogP contribution in [0.15, 0.2) is 0 Å². The largest absolute Gasteiger partial charge is 0.348 e. The molecular weight excluding hydrogens is 242 g/mol. The van der Waals surface area contributed by atoms with Crippen molar-refractivity contribution in [2.24, 2.45) is 7.05 Å². The lowest BCUT2D eigenvalue weighted by Crippen LogP contribution is -2.42. The summed E-state index contributed by atoms with van der Waals surface area (Å²) in [6, 6.07) is 0.628. The molecule has 1 aliphatic heterocycles. The summed E-state index contributed by atoms with van der Waals surface area (Å²) in [6.07, 6.45) is 3.85. The molecular formula is C13H23N5O. The first-order chi connectivity index (χ1) is 9.08. The third kappa shape index (κ3) is 3.53. The highest BCUT2D eigenvalue weighted by molar-refractivity contribution is 5.90. The number of hydrogen-bond acceptors (Lipinski definition) is 4. The second-order valence-electron chi connectivity index (χ2n) is 5.24. The average Bonchev–Trinajstić information content (AvgIpc) is 2.71. The van der Waals surface area contributed by atoms with Gasteiger partial charge in [0.1, 0.15) is 5.82 Å². The second-order valence-corrected chi connectivity index (χ2v) is 5.24. The highest BCUT2D eigenvalue weighted by Gasteiger charge is 2.18. The SMILES string of the molecule is Cc1nc(C(=O)NCCN2CCCC[C@@H]2C)n(C)n1. The molecule has 0 aromatic carbocycles. The van der Waals surface area contributed by atoms with E-state index in [4.69, 9.17) is 0 Å². The zero-order valence-corrected chi connectivity index (χ0v) is 12.0. The molecule has 0 spiro atoms. The van der Waals surface area contributed by atoms with Crippen molar-refractivity contribution in [2.45, 2.75) is 39.2 Å². The lowest BCUT2D eigenvalue weighted by Gasteiger charge is -2.33. The number of nitrogens with zero attached hydrogens (tertiary/aromatic N) is 4. The Bertz CT molecular complexity index is 442. The van der Waals surface area contributed by atoms with Crippen molar-refractivity contribution in [3.8, 4) is 0 Å². The Labute approximate surface area is 114 Å². The van der Waals surface area contributed by atoms with Gasteiger partial charge in [-0.25, -0.2) is 9.67 Å². The number of likely N-dealkylation sites (tertiary alicyclic amines) is 1. The Kier molecular flexibility index (Phi) is 4.52. The third-order valence-corrected chi connectivity index (χ3v) is 3.70. The minimum atomic E-state index is -0.146. The van der Waals surface area contributed by atoms with Crippen LogP contribution >= 0.6 is 0 Å². The molecule has 0 saturated carbocycles. The highest BCUT2D eigenvalue weighted by Crippen LogP contribution is 2.15. The van der Waals surface area contributed by atoms with Crippen molar-refractivity contribution >= 4 is 5.91 Å². The predicted octanol–water partition coefficient (Wildman–Crippen LogP) is 0.728. The van der Waals surface area contributed by atoms with Crippen LogP contribution in [0.5, 0.6) is 0 Å². The number of carbonyl (C=O) groups excluding carboxylic acids is 1. The van der Waals surface area contributed by atoms with Gasteiger partial charge in [-0.3, -0.25) is 9.69 Å². The van der Waals surface area contributed by atoms with Gasteiger partial charge in [-0.15, -0.1) is 0 Å². The molecule has 1 fully saturated rings. The highest BCUT2D eigenvalue weighted by atomic mass is 16.2. The molecule has 6 heteroatoms. The molecule has 106 valence electrons. The Hall–Kier alpha value is -1.43. The normalized spacial score (nSPS) is 20.5. The maximum Gasteiger partial charge on any atom is 0.288 e. The molecule has 1 N–H and O–H groups in total. The van der Waals surface area contributed by atoms with Gasteiger partial charge in [0, 0.05) is 26.2 Å². The van der Waals surface area contributed by atoms with Gasteiger partial charge in [0.15, 0.2) is 0 Å². The maximum atomic E-state index is 11.9. The number of aromatic nitrogens is 3. The average molecular weight is 265 g/mol. The van der Waals surface area contributed by atoms with Gasteiger partial charge in [0.05, 0.1) is 0 Å².